The normalized spacial score (nSPS) is 10.4. The smallest absolute Gasteiger partial charge is 0.265 e. The first-order valence-electron chi connectivity index (χ1n) is 6.65. The minimum atomic E-state index is -0.205. The third-order valence-corrected chi connectivity index (χ3v) is 3.90. The molecule has 0 unspecified atom stereocenters. The summed E-state index contributed by atoms with van der Waals surface area (Å²) in [6, 6.07) is 14.4. The Morgan fingerprint density at radius 3 is 2.35 bits per heavy atom. The molecule has 1 radical (unpaired) electrons. The Morgan fingerprint density at radius 2 is 1.74 bits per heavy atom. The van der Waals surface area contributed by atoms with Crippen molar-refractivity contribution in [1.29, 1.82) is 0 Å². The molecule has 23 heavy (non-hydrogen) atoms. The van der Waals surface area contributed by atoms with E-state index in [1.807, 2.05) is 24.3 Å². The molecule has 3 rings (SSSR count). The molecule has 0 aliphatic carbocycles. The van der Waals surface area contributed by atoms with Crippen LogP contribution in [0.15, 0.2) is 53.3 Å². The van der Waals surface area contributed by atoms with Gasteiger partial charge in [-0.15, -0.1) is 0 Å². The van der Waals surface area contributed by atoms with Crippen LogP contribution in [0.4, 0.5) is 0 Å². The Kier molecular flexibility index (Phi) is 5.73. The zero-order chi connectivity index (χ0) is 15.7. The Bertz CT molecular complexity index is 872. The van der Waals surface area contributed by atoms with Crippen molar-refractivity contribution in [3.63, 3.8) is 0 Å². The molecule has 1 heterocycles. The average molecular weight is 398 g/mol. The summed E-state index contributed by atoms with van der Waals surface area (Å²) in [5, 5.41) is 3.75. The first-order chi connectivity index (χ1) is 10.6. The zero-order valence-electron chi connectivity index (χ0n) is 11.8. The fourth-order valence-corrected chi connectivity index (χ4v) is 2.76. The van der Waals surface area contributed by atoms with Crippen LogP contribution in [0.1, 0.15) is 5.56 Å². The van der Waals surface area contributed by atoms with Crippen LogP contribution in [0.3, 0.4) is 0 Å². The molecular weight excluding hydrogens is 385 g/mol. The maximum Gasteiger partial charge on any atom is 0.265 e. The van der Waals surface area contributed by atoms with Crippen molar-refractivity contribution in [1.82, 2.24) is 9.78 Å². The van der Waals surface area contributed by atoms with E-state index < -0.39 is 0 Å². The third-order valence-electron chi connectivity index (χ3n) is 3.37. The Balaban J connectivity index is 0.00000192. The number of aromatic nitrogens is 2. The van der Waals surface area contributed by atoms with Gasteiger partial charge in [-0.3, -0.25) is 14.6 Å². The number of aromatic amines is 1. The molecule has 1 aromatic heterocycles. The molecule has 4 nitrogen and oxygen atoms in total. The quantitative estimate of drug-likeness (QED) is 0.663. The summed E-state index contributed by atoms with van der Waals surface area (Å²) in [4.78, 5) is 11.8. The summed E-state index contributed by atoms with van der Waals surface area (Å²) in [6.45, 7) is 0.475. The number of benzene rings is 2. The van der Waals surface area contributed by atoms with E-state index in [0.717, 1.165) is 16.8 Å². The Labute approximate surface area is 153 Å². The second kappa shape index (κ2) is 7.39. The summed E-state index contributed by atoms with van der Waals surface area (Å²) in [6.07, 6.45) is 0. The van der Waals surface area contributed by atoms with Crippen LogP contribution in [-0.4, -0.2) is 9.78 Å². The SMILES string of the molecule is NCc1ccc(-c2cc(=O)[nH]n2-c2ccc(Cl)cc2Cl)cc1.[Cu]. The van der Waals surface area contributed by atoms with Gasteiger partial charge in [-0.05, 0) is 23.8 Å². The van der Waals surface area contributed by atoms with E-state index in [-0.39, 0.29) is 22.6 Å². The van der Waals surface area contributed by atoms with E-state index >= 15 is 0 Å². The summed E-state index contributed by atoms with van der Waals surface area (Å²) in [7, 11) is 0. The monoisotopic (exact) mass is 396 g/mol. The number of nitrogens with zero attached hydrogens (tertiary/aromatic N) is 1. The predicted molar refractivity (Wildman–Crippen MR) is 89.7 cm³/mol. The summed E-state index contributed by atoms with van der Waals surface area (Å²) < 4.78 is 1.65. The van der Waals surface area contributed by atoms with Crippen molar-refractivity contribution in [3.05, 3.63) is 74.5 Å². The van der Waals surface area contributed by atoms with E-state index in [0.29, 0.717) is 22.3 Å². The van der Waals surface area contributed by atoms with E-state index in [2.05, 4.69) is 5.10 Å². The Morgan fingerprint density at radius 1 is 1.04 bits per heavy atom. The van der Waals surface area contributed by atoms with Crippen molar-refractivity contribution in [2.24, 2.45) is 5.73 Å². The second-order valence-corrected chi connectivity index (χ2v) is 5.68. The fourth-order valence-electron chi connectivity index (χ4n) is 2.27. The molecule has 0 spiro atoms. The van der Waals surface area contributed by atoms with E-state index in [9.17, 15) is 4.79 Å². The van der Waals surface area contributed by atoms with Crippen molar-refractivity contribution in [2.75, 3.05) is 0 Å². The second-order valence-electron chi connectivity index (χ2n) is 4.84. The number of nitrogens with two attached hydrogens (primary N) is 1. The van der Waals surface area contributed by atoms with Gasteiger partial charge in [0.1, 0.15) is 0 Å². The molecule has 3 N–H and O–H groups in total. The van der Waals surface area contributed by atoms with E-state index in [1.165, 1.54) is 6.07 Å². The molecule has 0 aliphatic rings. The van der Waals surface area contributed by atoms with Crippen molar-refractivity contribution in [2.45, 2.75) is 6.54 Å². The molecule has 3 aromatic rings. The zero-order valence-corrected chi connectivity index (χ0v) is 14.3. The molecule has 0 aliphatic heterocycles. The maximum absolute atomic E-state index is 11.8. The molecule has 2 aromatic carbocycles. The standard InChI is InChI=1S/C16H13Cl2N3O.Cu/c17-12-5-6-14(13(18)7-12)21-15(8-16(22)20-21)11-3-1-10(9-19)2-4-11;/h1-8H,9,19H2,(H,20,22);. The number of hydrogen-bond donors (Lipinski definition) is 2. The van der Waals surface area contributed by atoms with Crippen molar-refractivity contribution in [3.8, 4) is 16.9 Å². The minimum Gasteiger partial charge on any atom is -0.326 e. The Hall–Kier alpha value is -1.49. The molecule has 0 bridgehead atoms. The summed E-state index contributed by atoms with van der Waals surface area (Å²) >= 11 is 12.2. The molecule has 0 saturated carbocycles. The number of nitrogens with one attached hydrogen (secondary N) is 1. The number of rotatable bonds is 3. The fraction of sp³-hybridized carbons (Fsp3) is 0.0625. The van der Waals surface area contributed by atoms with Gasteiger partial charge in [-0.2, -0.15) is 0 Å². The first-order valence-corrected chi connectivity index (χ1v) is 7.41. The summed E-state index contributed by atoms with van der Waals surface area (Å²) in [5.41, 5.74) is 8.70. The number of H-pyrrole nitrogens is 1. The van der Waals surface area contributed by atoms with Gasteiger partial charge in [0.15, 0.2) is 0 Å². The van der Waals surface area contributed by atoms with Gasteiger partial charge >= 0.3 is 0 Å². The van der Waals surface area contributed by atoms with Crippen LogP contribution in [-0.2, 0) is 23.6 Å². The first kappa shape index (κ1) is 17.9. The van der Waals surface area contributed by atoms with Crippen LogP contribution in [0, 0.1) is 0 Å². The molecule has 0 saturated heterocycles. The van der Waals surface area contributed by atoms with Gasteiger partial charge in [0, 0.05) is 40.3 Å². The van der Waals surface area contributed by atoms with Crippen LogP contribution in [0.5, 0.6) is 0 Å². The average Bonchev–Trinajstić information content (AvgIpc) is 2.89. The van der Waals surface area contributed by atoms with Crippen molar-refractivity contribution >= 4 is 23.2 Å². The van der Waals surface area contributed by atoms with E-state index in [4.69, 9.17) is 28.9 Å². The van der Waals surface area contributed by atoms with Gasteiger partial charge in [-0.1, -0.05) is 47.5 Å². The molecular formula is C16H13Cl2CuN3O. The predicted octanol–water partition coefficient (Wildman–Crippen LogP) is 3.60. The van der Waals surface area contributed by atoms with Crippen LogP contribution in [0.2, 0.25) is 10.0 Å². The minimum absolute atomic E-state index is 0. The number of halogens is 2. The van der Waals surface area contributed by atoms with Gasteiger partial charge < -0.3 is 5.73 Å². The topological polar surface area (TPSA) is 63.8 Å². The van der Waals surface area contributed by atoms with Gasteiger partial charge in [0.25, 0.3) is 5.56 Å². The van der Waals surface area contributed by atoms with Gasteiger partial charge in [-0.25, -0.2) is 0 Å². The van der Waals surface area contributed by atoms with Crippen LogP contribution >= 0.6 is 23.2 Å². The van der Waals surface area contributed by atoms with Crippen LogP contribution in [0.25, 0.3) is 16.9 Å². The van der Waals surface area contributed by atoms with E-state index in [1.54, 1.807) is 22.9 Å². The molecule has 0 amide bonds. The molecule has 0 atom stereocenters. The van der Waals surface area contributed by atoms with Gasteiger partial charge in [0.2, 0.25) is 0 Å². The largest absolute Gasteiger partial charge is 0.326 e. The third kappa shape index (κ3) is 3.71. The molecule has 0 fully saturated rings. The molecule has 123 valence electrons. The summed E-state index contributed by atoms with van der Waals surface area (Å²) in [5.74, 6) is 0. The molecule has 7 heteroatoms. The van der Waals surface area contributed by atoms with Crippen LogP contribution < -0.4 is 11.3 Å². The maximum atomic E-state index is 11.8. The van der Waals surface area contributed by atoms with Crippen molar-refractivity contribution < 1.29 is 17.1 Å². The van der Waals surface area contributed by atoms with Gasteiger partial charge in [0.05, 0.1) is 16.4 Å². The number of hydrogen-bond acceptors (Lipinski definition) is 2.